The van der Waals surface area contributed by atoms with E-state index in [-0.39, 0.29) is 40.8 Å². The standard InChI is InChI=1S/C38H56O7Si/c1-27(35(40)34-26-29(23-22-28(2)39)42-37(6,7)45-34)25-33-32(43-38(8,9)44-33)21-16-24-41-46(36(3,4)5,30-17-12-10-13-18-30)31-19-14-11-15-20-31/h10-15,17-20,27,29,32-34H,16,21-26H2,1-9H3/t27?,29-,32-,33-,34-/m0/s1. The van der Waals surface area contributed by atoms with Gasteiger partial charge in [-0.05, 0) is 75.7 Å². The summed E-state index contributed by atoms with van der Waals surface area (Å²) in [4.78, 5) is 25.3. The van der Waals surface area contributed by atoms with E-state index in [2.05, 4.69) is 81.4 Å². The van der Waals surface area contributed by atoms with Gasteiger partial charge < -0.3 is 28.2 Å². The molecular formula is C38H56O7Si. The van der Waals surface area contributed by atoms with Crippen molar-refractivity contribution in [2.24, 2.45) is 5.92 Å². The van der Waals surface area contributed by atoms with E-state index >= 15 is 0 Å². The van der Waals surface area contributed by atoms with E-state index in [4.69, 9.17) is 23.4 Å². The average Bonchev–Trinajstić information content (AvgIpc) is 3.27. The lowest BCUT2D eigenvalue weighted by molar-refractivity contribution is -0.294. The number of hydrogen-bond donors (Lipinski definition) is 0. The second kappa shape index (κ2) is 14.9. The molecule has 5 atom stereocenters. The predicted molar refractivity (Wildman–Crippen MR) is 184 cm³/mol. The van der Waals surface area contributed by atoms with Crippen molar-refractivity contribution in [1.29, 1.82) is 0 Å². The van der Waals surface area contributed by atoms with Crippen molar-refractivity contribution in [1.82, 2.24) is 0 Å². The van der Waals surface area contributed by atoms with Crippen LogP contribution in [0.5, 0.6) is 0 Å². The van der Waals surface area contributed by atoms with Gasteiger partial charge >= 0.3 is 0 Å². The maximum atomic E-state index is 13.7. The van der Waals surface area contributed by atoms with Gasteiger partial charge in [-0.15, -0.1) is 0 Å². The van der Waals surface area contributed by atoms with E-state index in [0.29, 0.717) is 32.3 Å². The molecule has 2 heterocycles. The van der Waals surface area contributed by atoms with Gasteiger partial charge in [0, 0.05) is 25.4 Å². The number of benzene rings is 2. The molecule has 0 aromatic heterocycles. The second-order valence-corrected chi connectivity index (χ2v) is 19.4. The molecule has 0 aliphatic carbocycles. The molecule has 2 aliphatic rings. The van der Waals surface area contributed by atoms with Gasteiger partial charge in [0.25, 0.3) is 8.32 Å². The fraction of sp³-hybridized carbons (Fsp3) is 0.632. The molecule has 0 N–H and O–H groups in total. The number of rotatable bonds is 14. The second-order valence-electron chi connectivity index (χ2n) is 15.1. The molecule has 2 aromatic rings. The Morgan fingerprint density at radius 3 is 1.93 bits per heavy atom. The van der Waals surface area contributed by atoms with Crippen LogP contribution in [0.25, 0.3) is 0 Å². The Morgan fingerprint density at radius 1 is 0.848 bits per heavy atom. The van der Waals surface area contributed by atoms with E-state index in [9.17, 15) is 9.59 Å². The highest BCUT2D eigenvalue weighted by molar-refractivity contribution is 6.99. The number of hydrogen-bond acceptors (Lipinski definition) is 7. The van der Waals surface area contributed by atoms with E-state index in [0.717, 1.165) is 12.8 Å². The maximum absolute atomic E-state index is 13.7. The largest absolute Gasteiger partial charge is 0.407 e. The maximum Gasteiger partial charge on any atom is 0.261 e. The summed E-state index contributed by atoms with van der Waals surface area (Å²) in [6.07, 6.45) is 2.45. The number of Topliss-reactive ketones (excluding diaryl/α,β-unsaturated/α-hetero) is 2. The van der Waals surface area contributed by atoms with Crippen molar-refractivity contribution in [3.05, 3.63) is 60.7 Å². The predicted octanol–water partition coefficient (Wildman–Crippen LogP) is 6.74. The highest BCUT2D eigenvalue weighted by atomic mass is 28.4. The van der Waals surface area contributed by atoms with Crippen molar-refractivity contribution < 1.29 is 33.0 Å². The lowest BCUT2D eigenvalue weighted by Crippen LogP contribution is -2.66. The first kappa shape index (κ1) is 36.6. The molecule has 2 aromatic carbocycles. The molecule has 0 bridgehead atoms. The van der Waals surface area contributed by atoms with E-state index in [1.54, 1.807) is 6.92 Å². The van der Waals surface area contributed by atoms with Gasteiger partial charge in [-0.1, -0.05) is 88.4 Å². The minimum atomic E-state index is -2.62. The van der Waals surface area contributed by atoms with Crippen molar-refractivity contribution in [3.63, 3.8) is 0 Å². The third kappa shape index (κ3) is 9.02. The normalized spacial score (nSPS) is 25.2. The van der Waals surface area contributed by atoms with E-state index in [1.807, 2.05) is 34.6 Å². The summed E-state index contributed by atoms with van der Waals surface area (Å²) >= 11 is 0. The minimum absolute atomic E-state index is 0.0475. The smallest absolute Gasteiger partial charge is 0.261 e. The van der Waals surface area contributed by atoms with Gasteiger partial charge in [0.15, 0.2) is 17.4 Å². The first-order valence-corrected chi connectivity index (χ1v) is 18.9. The summed E-state index contributed by atoms with van der Waals surface area (Å²) in [6.45, 7) is 18.6. The summed E-state index contributed by atoms with van der Waals surface area (Å²) in [5.74, 6) is -1.74. The van der Waals surface area contributed by atoms with E-state index < -0.39 is 26.0 Å². The van der Waals surface area contributed by atoms with Gasteiger partial charge in [0.2, 0.25) is 0 Å². The Morgan fingerprint density at radius 2 is 1.39 bits per heavy atom. The Balaban J connectivity index is 1.42. The molecule has 0 spiro atoms. The number of carbonyl (C=O) groups is 2. The van der Waals surface area contributed by atoms with Gasteiger partial charge in [-0.25, -0.2) is 0 Å². The van der Waals surface area contributed by atoms with Gasteiger partial charge in [-0.3, -0.25) is 4.79 Å². The quantitative estimate of drug-likeness (QED) is 0.165. The molecule has 2 aliphatic heterocycles. The third-order valence-electron chi connectivity index (χ3n) is 9.21. The first-order chi connectivity index (χ1) is 21.5. The van der Waals surface area contributed by atoms with Gasteiger partial charge in [0.05, 0.1) is 18.3 Å². The Bertz CT molecular complexity index is 1250. The minimum Gasteiger partial charge on any atom is -0.407 e. The van der Waals surface area contributed by atoms with Crippen LogP contribution >= 0.6 is 0 Å². The van der Waals surface area contributed by atoms with Crippen molar-refractivity contribution in [2.45, 2.75) is 142 Å². The third-order valence-corrected chi connectivity index (χ3v) is 14.3. The Hall–Kier alpha value is -2.20. The number of ketones is 2. The van der Waals surface area contributed by atoms with Crippen LogP contribution in [0, 0.1) is 5.92 Å². The summed E-state index contributed by atoms with van der Waals surface area (Å²) < 4.78 is 32.0. The SMILES string of the molecule is CC(=O)CC[C@H]1C[C@@H](C(=O)C(C)C[C@@H]2OC(C)(C)O[C@H]2CCCO[Si](c2ccccc2)(c2ccccc2)C(C)(C)C)OC(C)(C)O1. The van der Waals surface area contributed by atoms with Crippen LogP contribution in [0.1, 0.15) is 101 Å². The average molecular weight is 653 g/mol. The summed E-state index contributed by atoms with van der Waals surface area (Å²) in [5, 5.41) is 2.44. The topological polar surface area (TPSA) is 80.3 Å². The molecule has 1 unspecified atom stereocenters. The van der Waals surface area contributed by atoms with Crippen molar-refractivity contribution >= 4 is 30.3 Å². The van der Waals surface area contributed by atoms with E-state index in [1.165, 1.54) is 10.4 Å². The van der Waals surface area contributed by atoms with Crippen LogP contribution in [-0.2, 0) is 33.0 Å². The molecule has 0 amide bonds. The van der Waals surface area contributed by atoms with Crippen LogP contribution in [-0.4, -0.2) is 62.5 Å². The molecular weight excluding hydrogens is 596 g/mol. The van der Waals surface area contributed by atoms with Gasteiger partial charge in [0.1, 0.15) is 11.9 Å². The van der Waals surface area contributed by atoms with Gasteiger partial charge in [-0.2, -0.15) is 0 Å². The Labute approximate surface area is 277 Å². The summed E-state index contributed by atoms with van der Waals surface area (Å²) in [7, 11) is -2.62. The lowest BCUT2D eigenvalue weighted by Gasteiger charge is -2.43. The Kier molecular flexibility index (Phi) is 11.9. The molecule has 0 saturated carbocycles. The number of carbonyl (C=O) groups excluding carboxylic acids is 2. The zero-order valence-corrected chi connectivity index (χ0v) is 30.5. The zero-order valence-electron chi connectivity index (χ0n) is 29.5. The molecule has 2 saturated heterocycles. The van der Waals surface area contributed by atoms with Crippen molar-refractivity contribution in [3.8, 4) is 0 Å². The molecule has 4 rings (SSSR count). The molecule has 46 heavy (non-hydrogen) atoms. The fourth-order valence-electron chi connectivity index (χ4n) is 7.23. The molecule has 8 heteroatoms. The molecule has 0 radical (unpaired) electrons. The summed E-state index contributed by atoms with van der Waals surface area (Å²) in [5.41, 5.74) is 0. The van der Waals surface area contributed by atoms with Crippen LogP contribution in [0.4, 0.5) is 0 Å². The van der Waals surface area contributed by atoms with Crippen LogP contribution in [0.15, 0.2) is 60.7 Å². The first-order valence-electron chi connectivity index (χ1n) is 17.0. The van der Waals surface area contributed by atoms with Crippen LogP contribution < -0.4 is 10.4 Å². The molecule has 2 fully saturated rings. The van der Waals surface area contributed by atoms with Crippen LogP contribution in [0.2, 0.25) is 5.04 Å². The van der Waals surface area contributed by atoms with Crippen molar-refractivity contribution in [2.75, 3.05) is 6.61 Å². The lowest BCUT2D eigenvalue weighted by atomic mass is 9.89. The monoisotopic (exact) mass is 652 g/mol. The number of ether oxygens (including phenoxy) is 4. The molecule has 7 nitrogen and oxygen atoms in total. The van der Waals surface area contributed by atoms with Crippen LogP contribution in [0.3, 0.4) is 0 Å². The highest BCUT2D eigenvalue weighted by Crippen LogP contribution is 2.38. The summed E-state index contributed by atoms with van der Waals surface area (Å²) in [6, 6.07) is 21.4. The highest BCUT2D eigenvalue weighted by Gasteiger charge is 2.50. The zero-order chi connectivity index (χ0) is 33.8. The molecule has 254 valence electrons. The fourth-order valence-corrected chi connectivity index (χ4v) is 11.8.